The molecule has 0 bridgehead atoms. The van der Waals surface area contributed by atoms with Crippen molar-refractivity contribution in [3.05, 3.63) is 53.5 Å². The van der Waals surface area contributed by atoms with Gasteiger partial charge in [0.2, 0.25) is 11.8 Å². The van der Waals surface area contributed by atoms with Crippen LogP contribution in [-0.4, -0.2) is 48.2 Å². The van der Waals surface area contributed by atoms with E-state index in [1.165, 1.54) is 29.2 Å². The number of aryl methyl sites for hydroxylation is 1. The molecule has 1 aliphatic rings. The molecular weight excluding hydrogens is 400 g/mol. The quantitative estimate of drug-likeness (QED) is 0.440. The number of hydrogen-bond donors (Lipinski definition) is 0. The van der Waals surface area contributed by atoms with Crippen LogP contribution in [0.15, 0.2) is 35.0 Å². The zero-order valence-corrected chi connectivity index (χ0v) is 17.1. The van der Waals surface area contributed by atoms with Crippen molar-refractivity contribution in [3.8, 4) is 0 Å². The van der Waals surface area contributed by atoms with Crippen LogP contribution in [0.4, 0.5) is 5.82 Å². The van der Waals surface area contributed by atoms with Crippen LogP contribution >= 0.6 is 0 Å². The van der Waals surface area contributed by atoms with Gasteiger partial charge in [0.15, 0.2) is 17.0 Å². The van der Waals surface area contributed by atoms with Gasteiger partial charge in [0.1, 0.15) is 18.9 Å². The molecule has 0 radical (unpaired) electrons. The maximum Gasteiger partial charge on any atom is 0.327 e. The lowest BCUT2D eigenvalue weighted by atomic mass is 9.94. The smallest absolute Gasteiger partial charge is 0.327 e. The largest absolute Gasteiger partial charge is 0.468 e. The summed E-state index contributed by atoms with van der Waals surface area (Å²) in [5.74, 6) is 1.28. The molecule has 5 rings (SSSR count). The molecule has 158 valence electrons. The summed E-state index contributed by atoms with van der Waals surface area (Å²) in [7, 11) is 1.33. The maximum absolute atomic E-state index is 11.7. The first-order chi connectivity index (χ1) is 15.2. The van der Waals surface area contributed by atoms with E-state index in [1.54, 1.807) is 0 Å². The number of carbonyl (C=O) groups excluding carboxylic acids is 1. The fourth-order valence-corrected chi connectivity index (χ4v) is 3.79. The summed E-state index contributed by atoms with van der Waals surface area (Å²) in [5, 5.41) is 16.8. The van der Waals surface area contributed by atoms with Gasteiger partial charge in [-0.25, -0.2) is 14.6 Å². The molecule has 11 nitrogen and oxygen atoms in total. The van der Waals surface area contributed by atoms with Gasteiger partial charge < -0.3 is 14.1 Å². The minimum Gasteiger partial charge on any atom is -0.468 e. The van der Waals surface area contributed by atoms with E-state index in [0.29, 0.717) is 48.1 Å². The molecule has 1 aliphatic heterocycles. The van der Waals surface area contributed by atoms with Gasteiger partial charge in [0.05, 0.1) is 7.11 Å². The lowest BCUT2D eigenvalue weighted by Crippen LogP contribution is -2.35. The molecule has 0 saturated heterocycles. The predicted molar refractivity (Wildman–Crippen MR) is 108 cm³/mol. The lowest BCUT2D eigenvalue weighted by molar-refractivity contribution is -0.141. The average Bonchev–Trinajstić information content (AvgIpc) is 3.45. The van der Waals surface area contributed by atoms with Gasteiger partial charge in [-0.3, -0.25) is 4.79 Å². The first-order valence-electron chi connectivity index (χ1n) is 9.94. The summed E-state index contributed by atoms with van der Waals surface area (Å²) in [6.45, 7) is 2.47. The Morgan fingerprint density at radius 3 is 2.81 bits per heavy atom. The van der Waals surface area contributed by atoms with Gasteiger partial charge in [0, 0.05) is 19.4 Å². The molecule has 1 aromatic carbocycles. The van der Waals surface area contributed by atoms with Gasteiger partial charge in [-0.15, -0.1) is 15.3 Å². The minimum atomic E-state index is -0.435. The molecule has 31 heavy (non-hydrogen) atoms. The second-order valence-corrected chi connectivity index (χ2v) is 7.20. The van der Waals surface area contributed by atoms with Crippen molar-refractivity contribution in [2.24, 2.45) is 0 Å². The van der Waals surface area contributed by atoms with E-state index < -0.39 is 5.97 Å². The van der Waals surface area contributed by atoms with Crippen LogP contribution in [0.2, 0.25) is 0 Å². The Kier molecular flexibility index (Phi) is 4.77. The summed E-state index contributed by atoms with van der Waals surface area (Å²) in [5.41, 5.74) is 3.35. The summed E-state index contributed by atoms with van der Waals surface area (Å²) < 4.78 is 12.1. The third-order valence-electron chi connectivity index (χ3n) is 5.38. The fourth-order valence-electron chi connectivity index (χ4n) is 3.79. The van der Waals surface area contributed by atoms with Crippen molar-refractivity contribution in [1.82, 2.24) is 35.2 Å². The Hall–Kier alpha value is -3.89. The number of rotatable bonds is 5. The van der Waals surface area contributed by atoms with Crippen LogP contribution in [0.25, 0.3) is 11.2 Å². The van der Waals surface area contributed by atoms with Crippen LogP contribution in [0.3, 0.4) is 0 Å². The standard InChI is InChI=1S/C20H20N8O3/c1-3-15-23-25-20(31-15)14-8-12-6-4-5-7-13(12)9-27(14)18-17-19(22-11-21-18)28(26-24-17)10-16(29)30-2/h4-7,11,14H,3,8-10H2,1-2H3. The van der Waals surface area contributed by atoms with E-state index in [-0.39, 0.29) is 12.6 Å². The number of fused-ring (bicyclic) bond motifs is 2. The van der Waals surface area contributed by atoms with Crippen LogP contribution in [0, 0.1) is 0 Å². The number of ether oxygens (including phenoxy) is 1. The minimum absolute atomic E-state index is 0.0841. The number of carbonyl (C=O) groups is 1. The van der Waals surface area contributed by atoms with Crippen molar-refractivity contribution in [2.45, 2.75) is 38.9 Å². The Morgan fingerprint density at radius 2 is 2.03 bits per heavy atom. The Bertz CT molecular complexity index is 1250. The first-order valence-corrected chi connectivity index (χ1v) is 9.94. The van der Waals surface area contributed by atoms with Gasteiger partial charge in [-0.05, 0) is 11.1 Å². The van der Waals surface area contributed by atoms with Crippen LogP contribution < -0.4 is 4.90 Å². The SMILES string of the molecule is CCc1nnc(C2Cc3ccccc3CN2c2ncnc3c2nnn3CC(=O)OC)o1. The zero-order valence-electron chi connectivity index (χ0n) is 17.1. The normalized spacial score (nSPS) is 15.8. The molecule has 4 heterocycles. The number of aromatic nitrogens is 7. The first kappa shape index (κ1) is 19.1. The van der Waals surface area contributed by atoms with Crippen molar-refractivity contribution < 1.29 is 13.9 Å². The number of anilines is 1. The Balaban J connectivity index is 1.61. The fraction of sp³-hybridized carbons (Fsp3) is 0.350. The summed E-state index contributed by atoms with van der Waals surface area (Å²) in [6.07, 6.45) is 2.79. The molecule has 0 amide bonds. The Morgan fingerprint density at radius 1 is 1.19 bits per heavy atom. The van der Waals surface area contributed by atoms with Gasteiger partial charge in [-0.1, -0.05) is 36.4 Å². The third kappa shape index (κ3) is 3.37. The van der Waals surface area contributed by atoms with Crippen molar-refractivity contribution in [2.75, 3.05) is 12.0 Å². The molecule has 1 atom stereocenters. The summed E-state index contributed by atoms with van der Waals surface area (Å²) in [6, 6.07) is 8.03. The summed E-state index contributed by atoms with van der Waals surface area (Å²) >= 11 is 0. The highest BCUT2D eigenvalue weighted by Gasteiger charge is 2.34. The predicted octanol–water partition coefficient (Wildman–Crippen LogP) is 1.64. The Labute approximate surface area is 177 Å². The molecule has 3 aromatic heterocycles. The molecular formula is C20H20N8O3. The number of hydrogen-bond acceptors (Lipinski definition) is 10. The molecule has 11 heteroatoms. The number of methoxy groups -OCH3 is 1. The highest BCUT2D eigenvalue weighted by Crippen LogP contribution is 2.37. The lowest BCUT2D eigenvalue weighted by Gasteiger charge is -2.35. The van der Waals surface area contributed by atoms with Gasteiger partial charge >= 0.3 is 5.97 Å². The van der Waals surface area contributed by atoms with Gasteiger partial charge in [0.25, 0.3) is 0 Å². The van der Waals surface area contributed by atoms with Gasteiger partial charge in [-0.2, -0.15) is 0 Å². The second-order valence-electron chi connectivity index (χ2n) is 7.20. The molecule has 0 aliphatic carbocycles. The maximum atomic E-state index is 11.7. The number of esters is 1. The van der Waals surface area contributed by atoms with Crippen molar-refractivity contribution >= 4 is 23.0 Å². The van der Waals surface area contributed by atoms with E-state index >= 15 is 0 Å². The number of nitrogens with zero attached hydrogens (tertiary/aromatic N) is 8. The monoisotopic (exact) mass is 420 g/mol. The molecule has 0 fully saturated rings. The number of benzene rings is 1. The molecule has 1 unspecified atom stereocenters. The third-order valence-corrected chi connectivity index (χ3v) is 5.38. The molecule has 0 N–H and O–H groups in total. The van der Waals surface area contributed by atoms with E-state index in [1.807, 2.05) is 19.1 Å². The average molecular weight is 420 g/mol. The molecule has 0 spiro atoms. The van der Waals surface area contributed by atoms with Crippen molar-refractivity contribution in [3.63, 3.8) is 0 Å². The highest BCUT2D eigenvalue weighted by atomic mass is 16.5. The second kappa shape index (κ2) is 7.74. The van der Waals surface area contributed by atoms with Crippen LogP contribution in [-0.2, 0) is 35.5 Å². The zero-order chi connectivity index (χ0) is 21.4. The van der Waals surface area contributed by atoms with E-state index in [0.717, 1.165) is 0 Å². The van der Waals surface area contributed by atoms with E-state index in [4.69, 9.17) is 9.15 Å². The summed E-state index contributed by atoms with van der Waals surface area (Å²) in [4.78, 5) is 22.6. The highest BCUT2D eigenvalue weighted by molar-refractivity contribution is 5.84. The van der Waals surface area contributed by atoms with E-state index in [2.05, 4.69) is 47.5 Å². The topological polar surface area (TPSA) is 125 Å². The van der Waals surface area contributed by atoms with Crippen LogP contribution in [0.1, 0.15) is 35.9 Å². The molecule has 0 saturated carbocycles. The molecule has 4 aromatic rings. The van der Waals surface area contributed by atoms with E-state index in [9.17, 15) is 4.79 Å². The van der Waals surface area contributed by atoms with Crippen LogP contribution in [0.5, 0.6) is 0 Å². The van der Waals surface area contributed by atoms with Crippen molar-refractivity contribution in [1.29, 1.82) is 0 Å².